The van der Waals surface area contributed by atoms with E-state index in [4.69, 9.17) is 10.4 Å². The van der Waals surface area contributed by atoms with Crippen LogP contribution in [0.1, 0.15) is 12.8 Å². The van der Waals surface area contributed by atoms with Crippen molar-refractivity contribution in [1.82, 2.24) is 5.32 Å². The van der Waals surface area contributed by atoms with Gasteiger partial charge >= 0.3 is 0 Å². The van der Waals surface area contributed by atoms with E-state index in [0.29, 0.717) is 0 Å². The molecule has 2 atom stereocenters. The third-order valence-electron chi connectivity index (χ3n) is 2.29. The predicted molar refractivity (Wildman–Crippen MR) is 41.8 cm³/mol. The SMILES string of the molecule is N#CC1CCNCCC1CO. The molecule has 11 heavy (non-hydrogen) atoms. The molecule has 0 saturated carbocycles. The van der Waals surface area contributed by atoms with E-state index in [1.807, 2.05) is 0 Å². The van der Waals surface area contributed by atoms with Crippen LogP contribution in [0, 0.1) is 23.2 Å². The first-order valence-electron chi connectivity index (χ1n) is 4.09. The average molecular weight is 154 g/mol. The number of hydrogen-bond acceptors (Lipinski definition) is 3. The number of aliphatic hydroxyl groups excluding tert-OH is 1. The third kappa shape index (κ3) is 2.18. The van der Waals surface area contributed by atoms with Gasteiger partial charge in [0.1, 0.15) is 0 Å². The third-order valence-corrected chi connectivity index (χ3v) is 2.29. The Labute approximate surface area is 67.0 Å². The summed E-state index contributed by atoms with van der Waals surface area (Å²) in [5.41, 5.74) is 0. The minimum atomic E-state index is 0.0509. The van der Waals surface area contributed by atoms with E-state index in [0.717, 1.165) is 25.9 Å². The van der Waals surface area contributed by atoms with Gasteiger partial charge in [0, 0.05) is 6.61 Å². The van der Waals surface area contributed by atoms with Gasteiger partial charge in [-0.05, 0) is 31.8 Å². The molecule has 0 aromatic carbocycles. The minimum absolute atomic E-state index is 0.0509. The first-order chi connectivity index (χ1) is 5.38. The number of nitriles is 1. The van der Waals surface area contributed by atoms with Crippen LogP contribution >= 0.6 is 0 Å². The van der Waals surface area contributed by atoms with E-state index in [1.54, 1.807) is 0 Å². The first kappa shape index (κ1) is 8.51. The highest BCUT2D eigenvalue weighted by molar-refractivity contribution is 4.90. The van der Waals surface area contributed by atoms with Crippen molar-refractivity contribution in [2.75, 3.05) is 19.7 Å². The molecule has 2 N–H and O–H groups in total. The van der Waals surface area contributed by atoms with Crippen LogP contribution in [0.5, 0.6) is 0 Å². The summed E-state index contributed by atoms with van der Waals surface area (Å²) < 4.78 is 0. The number of nitrogens with zero attached hydrogens (tertiary/aromatic N) is 1. The molecule has 0 radical (unpaired) electrons. The van der Waals surface area contributed by atoms with Gasteiger partial charge in [-0.25, -0.2) is 0 Å². The van der Waals surface area contributed by atoms with E-state index < -0.39 is 0 Å². The Bertz CT molecular complexity index is 153. The molecule has 0 spiro atoms. The second-order valence-corrected chi connectivity index (χ2v) is 3.01. The van der Waals surface area contributed by atoms with Crippen LogP contribution in [0.3, 0.4) is 0 Å². The smallest absolute Gasteiger partial charge is 0.0660 e. The number of aliphatic hydroxyl groups is 1. The number of rotatable bonds is 1. The van der Waals surface area contributed by atoms with Crippen molar-refractivity contribution in [3.8, 4) is 6.07 Å². The van der Waals surface area contributed by atoms with E-state index >= 15 is 0 Å². The lowest BCUT2D eigenvalue weighted by atomic mass is 9.90. The van der Waals surface area contributed by atoms with E-state index in [-0.39, 0.29) is 18.4 Å². The summed E-state index contributed by atoms with van der Waals surface area (Å²) in [4.78, 5) is 0. The molecule has 1 saturated heterocycles. The topological polar surface area (TPSA) is 56.0 Å². The molecule has 3 heteroatoms. The molecule has 1 rings (SSSR count). The molecule has 1 aliphatic rings. The van der Waals surface area contributed by atoms with Crippen molar-refractivity contribution in [1.29, 1.82) is 5.26 Å². The van der Waals surface area contributed by atoms with Gasteiger partial charge in [-0.2, -0.15) is 5.26 Å². The molecule has 1 aliphatic heterocycles. The van der Waals surface area contributed by atoms with E-state index in [1.165, 1.54) is 0 Å². The van der Waals surface area contributed by atoms with Gasteiger partial charge in [0.05, 0.1) is 12.0 Å². The number of hydrogen-bond donors (Lipinski definition) is 2. The zero-order valence-electron chi connectivity index (χ0n) is 6.58. The Balaban J connectivity index is 2.49. The van der Waals surface area contributed by atoms with Gasteiger partial charge in [-0.3, -0.25) is 0 Å². The van der Waals surface area contributed by atoms with Crippen LogP contribution in [0.15, 0.2) is 0 Å². The van der Waals surface area contributed by atoms with Gasteiger partial charge in [0.2, 0.25) is 0 Å². The second-order valence-electron chi connectivity index (χ2n) is 3.01. The normalized spacial score (nSPS) is 32.4. The van der Waals surface area contributed by atoms with Crippen LogP contribution in [0.25, 0.3) is 0 Å². The van der Waals surface area contributed by atoms with Crippen LogP contribution in [-0.4, -0.2) is 24.8 Å². The lowest BCUT2D eigenvalue weighted by molar-refractivity contribution is 0.192. The summed E-state index contributed by atoms with van der Waals surface area (Å²) in [6.07, 6.45) is 1.80. The molecule has 0 aromatic heterocycles. The Morgan fingerprint density at radius 2 is 2.18 bits per heavy atom. The predicted octanol–water partition coefficient (Wildman–Crippen LogP) is 0.118. The summed E-state index contributed by atoms with van der Waals surface area (Å²) in [5.74, 6) is 0.241. The summed E-state index contributed by atoms with van der Waals surface area (Å²) in [6.45, 7) is 2.00. The molecule has 62 valence electrons. The van der Waals surface area contributed by atoms with Gasteiger partial charge in [0.25, 0.3) is 0 Å². The summed E-state index contributed by atoms with van der Waals surface area (Å²) in [5, 5.41) is 20.9. The molecule has 1 fully saturated rings. The average Bonchev–Trinajstić information content (AvgIpc) is 2.27. The fourth-order valence-corrected chi connectivity index (χ4v) is 1.50. The van der Waals surface area contributed by atoms with Crippen molar-refractivity contribution in [3.63, 3.8) is 0 Å². The lowest BCUT2D eigenvalue weighted by Crippen LogP contribution is -2.16. The Morgan fingerprint density at radius 3 is 2.82 bits per heavy atom. The molecule has 0 amide bonds. The highest BCUT2D eigenvalue weighted by Crippen LogP contribution is 2.19. The summed E-state index contributed by atoms with van der Waals surface area (Å²) in [6, 6.07) is 2.24. The molecule has 2 unspecified atom stereocenters. The van der Waals surface area contributed by atoms with Crippen molar-refractivity contribution < 1.29 is 5.11 Å². The fourth-order valence-electron chi connectivity index (χ4n) is 1.50. The largest absolute Gasteiger partial charge is 0.396 e. The monoisotopic (exact) mass is 154 g/mol. The maximum atomic E-state index is 8.94. The molecular weight excluding hydrogens is 140 g/mol. The fraction of sp³-hybridized carbons (Fsp3) is 0.875. The Hall–Kier alpha value is -0.590. The van der Waals surface area contributed by atoms with Crippen LogP contribution in [0.2, 0.25) is 0 Å². The van der Waals surface area contributed by atoms with Crippen LogP contribution in [0.4, 0.5) is 0 Å². The summed E-state index contributed by atoms with van der Waals surface area (Å²) in [7, 11) is 0. The first-order valence-corrected chi connectivity index (χ1v) is 4.09. The standard InChI is InChI=1S/C8H14N2O/c9-5-7-1-3-10-4-2-8(7)6-11/h7-8,10-11H,1-4,6H2. The van der Waals surface area contributed by atoms with Gasteiger partial charge in [0.15, 0.2) is 0 Å². The molecule has 0 bridgehead atoms. The summed E-state index contributed by atoms with van der Waals surface area (Å²) >= 11 is 0. The zero-order valence-corrected chi connectivity index (χ0v) is 6.58. The van der Waals surface area contributed by atoms with Crippen molar-refractivity contribution in [3.05, 3.63) is 0 Å². The maximum absolute atomic E-state index is 8.94. The van der Waals surface area contributed by atoms with Gasteiger partial charge in [-0.1, -0.05) is 0 Å². The molecule has 0 aliphatic carbocycles. The molecule has 3 nitrogen and oxygen atoms in total. The Kier molecular flexibility index (Phi) is 3.34. The quantitative estimate of drug-likeness (QED) is 0.564. The van der Waals surface area contributed by atoms with Crippen molar-refractivity contribution >= 4 is 0 Å². The highest BCUT2D eigenvalue weighted by Gasteiger charge is 2.21. The second kappa shape index (κ2) is 4.32. The zero-order chi connectivity index (χ0) is 8.10. The van der Waals surface area contributed by atoms with Crippen molar-refractivity contribution in [2.24, 2.45) is 11.8 Å². The number of nitrogens with one attached hydrogen (secondary N) is 1. The van der Waals surface area contributed by atoms with Crippen LogP contribution < -0.4 is 5.32 Å². The van der Waals surface area contributed by atoms with Gasteiger partial charge < -0.3 is 10.4 Å². The Morgan fingerprint density at radius 1 is 1.45 bits per heavy atom. The maximum Gasteiger partial charge on any atom is 0.0660 e. The minimum Gasteiger partial charge on any atom is -0.396 e. The highest BCUT2D eigenvalue weighted by atomic mass is 16.3. The van der Waals surface area contributed by atoms with Crippen molar-refractivity contribution in [2.45, 2.75) is 12.8 Å². The molecular formula is C8H14N2O. The van der Waals surface area contributed by atoms with Crippen LogP contribution in [-0.2, 0) is 0 Å². The molecule has 0 aromatic rings. The van der Waals surface area contributed by atoms with E-state index in [2.05, 4.69) is 11.4 Å². The van der Waals surface area contributed by atoms with E-state index in [9.17, 15) is 0 Å². The molecule has 1 heterocycles. The lowest BCUT2D eigenvalue weighted by Gasteiger charge is -2.14. The van der Waals surface area contributed by atoms with Gasteiger partial charge in [-0.15, -0.1) is 0 Å².